The summed E-state index contributed by atoms with van der Waals surface area (Å²) in [6, 6.07) is 7.45. The molecule has 4 N–H and O–H groups in total. The molecule has 2 atom stereocenters. The second kappa shape index (κ2) is 5.36. The quantitative estimate of drug-likeness (QED) is 0.646. The second-order valence-electron chi connectivity index (χ2n) is 3.02. The molecule has 14 heavy (non-hydrogen) atoms. The Hall–Kier alpha value is -0.550. The Bertz CT molecular complexity index is 293. The average Bonchev–Trinajstić information content (AvgIpc) is 2.27. The van der Waals surface area contributed by atoms with Crippen LogP contribution in [0.1, 0.15) is 11.7 Å². The molecule has 1 aromatic rings. The van der Waals surface area contributed by atoms with Crippen LogP contribution in [0.15, 0.2) is 29.2 Å². The molecule has 0 aliphatic carbocycles. The molecule has 1 aromatic carbocycles. The largest absolute Gasteiger partial charge is 0.389 e. The van der Waals surface area contributed by atoms with E-state index in [0.29, 0.717) is 5.56 Å². The van der Waals surface area contributed by atoms with Crippen LogP contribution in [0.5, 0.6) is 0 Å². The van der Waals surface area contributed by atoms with Crippen LogP contribution in [0.3, 0.4) is 0 Å². The number of nitrogens with two attached hydrogens (primary N) is 1. The molecule has 78 valence electrons. The maximum absolute atomic E-state index is 9.67. The van der Waals surface area contributed by atoms with Gasteiger partial charge in [0.1, 0.15) is 6.10 Å². The van der Waals surface area contributed by atoms with Gasteiger partial charge in [-0.25, -0.2) is 0 Å². The van der Waals surface area contributed by atoms with Gasteiger partial charge in [-0.1, -0.05) is 12.1 Å². The minimum absolute atomic E-state index is 0.0602. The van der Waals surface area contributed by atoms with E-state index in [-0.39, 0.29) is 6.54 Å². The van der Waals surface area contributed by atoms with Crippen molar-refractivity contribution in [3.63, 3.8) is 0 Å². The minimum Gasteiger partial charge on any atom is -0.389 e. The minimum atomic E-state index is -0.896. The van der Waals surface area contributed by atoms with E-state index in [1.807, 2.05) is 24.5 Å². The first-order valence-corrected chi connectivity index (χ1v) is 5.61. The first-order chi connectivity index (χ1) is 6.69. The van der Waals surface area contributed by atoms with E-state index in [9.17, 15) is 10.2 Å². The summed E-state index contributed by atoms with van der Waals surface area (Å²) >= 11 is 1.60. The van der Waals surface area contributed by atoms with Crippen molar-refractivity contribution >= 4 is 11.8 Å². The molecule has 0 bridgehead atoms. The summed E-state index contributed by atoms with van der Waals surface area (Å²) in [4.78, 5) is 1.06. The van der Waals surface area contributed by atoms with Gasteiger partial charge in [-0.15, -0.1) is 11.8 Å². The summed E-state index contributed by atoms with van der Waals surface area (Å²) in [6.45, 7) is 0.0602. The number of hydrogen-bond acceptors (Lipinski definition) is 4. The maximum Gasteiger partial charge on any atom is 0.106 e. The Morgan fingerprint density at radius 1 is 1.43 bits per heavy atom. The molecule has 0 saturated heterocycles. The highest BCUT2D eigenvalue weighted by Gasteiger charge is 2.16. The van der Waals surface area contributed by atoms with Crippen LogP contribution in [-0.4, -0.2) is 29.1 Å². The SMILES string of the molecule is CSc1cccc(C(O)C(O)CN)c1. The molecule has 0 amide bonds. The highest BCUT2D eigenvalue weighted by Crippen LogP contribution is 2.22. The van der Waals surface area contributed by atoms with Gasteiger partial charge in [-0.3, -0.25) is 0 Å². The molecule has 1 rings (SSSR count). The number of hydrogen-bond donors (Lipinski definition) is 3. The third-order valence-corrected chi connectivity index (χ3v) is 2.77. The first-order valence-electron chi connectivity index (χ1n) is 4.39. The van der Waals surface area contributed by atoms with Crippen LogP contribution in [0.4, 0.5) is 0 Å². The lowest BCUT2D eigenvalue weighted by molar-refractivity contribution is 0.0242. The van der Waals surface area contributed by atoms with E-state index in [1.54, 1.807) is 17.8 Å². The fourth-order valence-electron chi connectivity index (χ4n) is 1.18. The van der Waals surface area contributed by atoms with E-state index < -0.39 is 12.2 Å². The molecule has 2 unspecified atom stereocenters. The molecule has 0 aliphatic heterocycles. The molecule has 0 heterocycles. The summed E-state index contributed by atoms with van der Waals surface area (Å²) < 4.78 is 0. The topological polar surface area (TPSA) is 66.5 Å². The van der Waals surface area contributed by atoms with Gasteiger partial charge in [0.25, 0.3) is 0 Å². The average molecular weight is 213 g/mol. The fraction of sp³-hybridized carbons (Fsp3) is 0.400. The number of rotatable bonds is 4. The fourth-order valence-corrected chi connectivity index (χ4v) is 1.65. The van der Waals surface area contributed by atoms with Crippen molar-refractivity contribution < 1.29 is 10.2 Å². The predicted octanol–water partition coefficient (Wildman–Crippen LogP) is 0.762. The van der Waals surface area contributed by atoms with E-state index in [0.717, 1.165) is 4.90 Å². The summed E-state index contributed by atoms with van der Waals surface area (Å²) in [7, 11) is 0. The summed E-state index contributed by atoms with van der Waals surface area (Å²) in [6.07, 6.45) is 0.171. The Labute approximate surface area is 87.9 Å². The van der Waals surface area contributed by atoms with Gasteiger partial charge in [-0.05, 0) is 24.0 Å². The molecular formula is C10H15NO2S. The van der Waals surface area contributed by atoms with Crippen molar-refractivity contribution in [3.8, 4) is 0 Å². The number of benzene rings is 1. The molecule has 4 heteroatoms. The van der Waals surface area contributed by atoms with E-state index in [2.05, 4.69) is 0 Å². The Kier molecular flexibility index (Phi) is 4.41. The third kappa shape index (κ3) is 2.72. The van der Waals surface area contributed by atoms with Gasteiger partial charge in [0.15, 0.2) is 0 Å². The highest BCUT2D eigenvalue weighted by molar-refractivity contribution is 7.98. The molecule has 0 aromatic heterocycles. The Morgan fingerprint density at radius 3 is 2.71 bits per heavy atom. The van der Waals surface area contributed by atoms with Crippen molar-refractivity contribution in [2.45, 2.75) is 17.1 Å². The Morgan fingerprint density at radius 2 is 2.14 bits per heavy atom. The summed E-state index contributed by atoms with van der Waals surface area (Å²) in [5, 5.41) is 19.0. The molecule has 0 radical (unpaired) electrons. The van der Waals surface area contributed by atoms with Crippen LogP contribution in [0.2, 0.25) is 0 Å². The normalized spacial score (nSPS) is 15.1. The molecule has 0 spiro atoms. The van der Waals surface area contributed by atoms with Gasteiger partial charge in [0.05, 0.1) is 6.10 Å². The predicted molar refractivity (Wildman–Crippen MR) is 58.2 cm³/mol. The van der Waals surface area contributed by atoms with Crippen LogP contribution >= 0.6 is 11.8 Å². The van der Waals surface area contributed by atoms with Gasteiger partial charge in [0, 0.05) is 11.4 Å². The monoisotopic (exact) mass is 213 g/mol. The third-order valence-electron chi connectivity index (χ3n) is 2.04. The molecular weight excluding hydrogens is 198 g/mol. The van der Waals surface area contributed by atoms with Crippen LogP contribution < -0.4 is 5.73 Å². The van der Waals surface area contributed by atoms with Crippen molar-refractivity contribution in [1.29, 1.82) is 0 Å². The smallest absolute Gasteiger partial charge is 0.106 e. The zero-order valence-electron chi connectivity index (χ0n) is 8.05. The highest BCUT2D eigenvalue weighted by atomic mass is 32.2. The van der Waals surface area contributed by atoms with Gasteiger partial charge in [-0.2, -0.15) is 0 Å². The second-order valence-corrected chi connectivity index (χ2v) is 3.90. The van der Waals surface area contributed by atoms with E-state index in [4.69, 9.17) is 5.73 Å². The Balaban J connectivity index is 2.83. The zero-order valence-corrected chi connectivity index (χ0v) is 8.87. The van der Waals surface area contributed by atoms with Crippen LogP contribution in [-0.2, 0) is 0 Å². The lowest BCUT2D eigenvalue weighted by atomic mass is 10.0. The lowest BCUT2D eigenvalue weighted by Gasteiger charge is -2.16. The molecule has 3 nitrogen and oxygen atoms in total. The number of aliphatic hydroxyl groups is 2. The molecule has 0 fully saturated rings. The number of aliphatic hydroxyl groups excluding tert-OH is 2. The van der Waals surface area contributed by atoms with Crippen molar-refractivity contribution in [3.05, 3.63) is 29.8 Å². The van der Waals surface area contributed by atoms with E-state index >= 15 is 0 Å². The van der Waals surface area contributed by atoms with Crippen molar-refractivity contribution in [2.75, 3.05) is 12.8 Å². The standard InChI is InChI=1S/C10H15NO2S/c1-14-8-4-2-3-7(5-8)10(13)9(12)6-11/h2-5,9-10,12-13H,6,11H2,1H3. The first kappa shape index (κ1) is 11.5. The molecule has 0 aliphatic rings. The molecule has 0 saturated carbocycles. The van der Waals surface area contributed by atoms with Crippen molar-refractivity contribution in [1.82, 2.24) is 0 Å². The van der Waals surface area contributed by atoms with Gasteiger partial charge in [0.2, 0.25) is 0 Å². The maximum atomic E-state index is 9.67. The summed E-state index contributed by atoms with van der Waals surface area (Å²) in [5.74, 6) is 0. The summed E-state index contributed by atoms with van der Waals surface area (Å²) in [5.41, 5.74) is 5.97. The van der Waals surface area contributed by atoms with Crippen molar-refractivity contribution in [2.24, 2.45) is 5.73 Å². The van der Waals surface area contributed by atoms with E-state index in [1.165, 1.54) is 0 Å². The van der Waals surface area contributed by atoms with Gasteiger partial charge < -0.3 is 15.9 Å². The van der Waals surface area contributed by atoms with Crippen LogP contribution in [0, 0.1) is 0 Å². The lowest BCUT2D eigenvalue weighted by Crippen LogP contribution is -2.27. The number of thioether (sulfide) groups is 1. The van der Waals surface area contributed by atoms with Gasteiger partial charge >= 0.3 is 0 Å². The van der Waals surface area contributed by atoms with Crippen LogP contribution in [0.25, 0.3) is 0 Å². The zero-order chi connectivity index (χ0) is 10.6.